The molecule has 0 nitrogen and oxygen atoms in total. The summed E-state index contributed by atoms with van der Waals surface area (Å²) in [7, 11) is 0. The van der Waals surface area contributed by atoms with E-state index in [9.17, 15) is 8.78 Å². The molecule has 1 aliphatic carbocycles. The Balaban J connectivity index is 2.61. The molecule has 13 heavy (non-hydrogen) atoms. The monoisotopic (exact) mass is 310 g/mol. The molecule has 0 saturated heterocycles. The van der Waals surface area contributed by atoms with Crippen LogP contribution in [0.1, 0.15) is 11.1 Å². The zero-order chi connectivity index (χ0) is 9.64. The van der Waals surface area contributed by atoms with Crippen molar-refractivity contribution < 1.29 is 8.78 Å². The summed E-state index contributed by atoms with van der Waals surface area (Å²) in [5.74, 6) is -2.74. The maximum Gasteiger partial charge on any atom is 0.286 e. The number of hydrogen-bond donors (Lipinski definition) is 0. The van der Waals surface area contributed by atoms with Crippen LogP contribution in [-0.2, 0) is 12.3 Å². The topological polar surface area (TPSA) is 0 Å². The van der Waals surface area contributed by atoms with Crippen molar-refractivity contribution in [1.29, 1.82) is 0 Å². The predicted octanol–water partition coefficient (Wildman–Crippen LogP) is 3.86. The first kappa shape index (κ1) is 9.59. The number of hydrogen-bond acceptors (Lipinski definition) is 0. The average molecular weight is 312 g/mol. The second-order valence-electron chi connectivity index (χ2n) is 3.06. The molecule has 0 spiro atoms. The summed E-state index contributed by atoms with van der Waals surface area (Å²) < 4.78 is 27.7. The van der Waals surface area contributed by atoms with E-state index in [1.807, 2.05) is 0 Å². The molecule has 2 rings (SSSR count). The Bertz CT molecular complexity index is 349. The van der Waals surface area contributed by atoms with Crippen LogP contribution in [0, 0.1) is 0 Å². The maximum absolute atomic E-state index is 13.4. The first-order valence-electron chi connectivity index (χ1n) is 3.83. The fraction of sp³-hybridized carbons (Fsp3) is 0.333. The van der Waals surface area contributed by atoms with Crippen molar-refractivity contribution in [2.24, 2.45) is 0 Å². The highest BCUT2D eigenvalue weighted by atomic mass is 79.9. The highest BCUT2D eigenvalue weighted by Crippen LogP contribution is 2.47. The minimum Gasteiger partial charge on any atom is -0.200 e. The van der Waals surface area contributed by atoms with Gasteiger partial charge < -0.3 is 0 Å². The molecule has 0 amide bonds. The van der Waals surface area contributed by atoms with Gasteiger partial charge in [-0.25, -0.2) is 8.78 Å². The average Bonchev–Trinajstić information content (AvgIpc) is 2.28. The molecule has 0 saturated carbocycles. The van der Waals surface area contributed by atoms with Gasteiger partial charge in [0.2, 0.25) is 0 Å². The molecule has 1 aromatic rings. The normalized spacial score (nSPS) is 24.5. The lowest BCUT2D eigenvalue weighted by atomic mass is 10.1. The van der Waals surface area contributed by atoms with Crippen molar-refractivity contribution in [1.82, 2.24) is 0 Å². The third-order valence-electron chi connectivity index (χ3n) is 2.25. The lowest BCUT2D eigenvalue weighted by Crippen LogP contribution is -2.20. The Morgan fingerprint density at radius 2 is 2.08 bits per heavy atom. The lowest BCUT2D eigenvalue weighted by Gasteiger charge is -2.13. The van der Waals surface area contributed by atoms with Crippen LogP contribution in [0.15, 0.2) is 22.7 Å². The molecule has 1 aliphatic rings. The molecular weight excluding hydrogens is 306 g/mol. The number of halogens is 4. The van der Waals surface area contributed by atoms with Crippen LogP contribution in [0.4, 0.5) is 8.78 Å². The van der Waals surface area contributed by atoms with Crippen molar-refractivity contribution in [3.8, 4) is 0 Å². The summed E-state index contributed by atoms with van der Waals surface area (Å²) in [6.45, 7) is 0. The van der Waals surface area contributed by atoms with E-state index in [0.717, 1.165) is 10.0 Å². The van der Waals surface area contributed by atoms with E-state index in [0.29, 0.717) is 6.42 Å². The second kappa shape index (κ2) is 3.02. The Hall–Kier alpha value is 0.0400. The van der Waals surface area contributed by atoms with E-state index in [1.165, 1.54) is 6.07 Å². The van der Waals surface area contributed by atoms with Gasteiger partial charge in [0.15, 0.2) is 0 Å². The molecular formula is C9H6Br2F2. The van der Waals surface area contributed by atoms with Gasteiger partial charge in [0, 0.05) is 10.0 Å². The third-order valence-corrected chi connectivity index (χ3v) is 3.90. The van der Waals surface area contributed by atoms with Gasteiger partial charge in [-0.15, -0.1) is 0 Å². The zero-order valence-corrected chi connectivity index (χ0v) is 9.70. The van der Waals surface area contributed by atoms with Gasteiger partial charge in [-0.3, -0.25) is 0 Å². The van der Waals surface area contributed by atoms with E-state index in [2.05, 4.69) is 31.9 Å². The van der Waals surface area contributed by atoms with Gasteiger partial charge in [-0.05, 0) is 18.1 Å². The van der Waals surface area contributed by atoms with Crippen LogP contribution in [0.25, 0.3) is 0 Å². The molecule has 70 valence electrons. The van der Waals surface area contributed by atoms with Gasteiger partial charge in [0.05, 0.1) is 4.83 Å². The summed E-state index contributed by atoms with van der Waals surface area (Å²) >= 11 is 6.28. The van der Waals surface area contributed by atoms with Gasteiger partial charge >= 0.3 is 0 Å². The number of rotatable bonds is 0. The highest BCUT2D eigenvalue weighted by Gasteiger charge is 2.47. The molecule has 0 N–H and O–H groups in total. The highest BCUT2D eigenvalue weighted by molar-refractivity contribution is 9.10. The second-order valence-corrected chi connectivity index (χ2v) is 5.02. The molecule has 0 bridgehead atoms. The van der Waals surface area contributed by atoms with Crippen LogP contribution in [0.2, 0.25) is 0 Å². The number of fused-ring (bicyclic) bond motifs is 1. The van der Waals surface area contributed by atoms with E-state index in [-0.39, 0.29) is 5.56 Å². The van der Waals surface area contributed by atoms with Crippen LogP contribution < -0.4 is 0 Å². The van der Waals surface area contributed by atoms with E-state index >= 15 is 0 Å². The molecule has 0 aromatic heterocycles. The van der Waals surface area contributed by atoms with Gasteiger partial charge in [0.25, 0.3) is 5.92 Å². The van der Waals surface area contributed by atoms with Crippen LogP contribution >= 0.6 is 31.9 Å². The van der Waals surface area contributed by atoms with Crippen LogP contribution in [-0.4, -0.2) is 4.83 Å². The molecule has 1 atom stereocenters. The van der Waals surface area contributed by atoms with Crippen molar-refractivity contribution in [2.45, 2.75) is 17.2 Å². The van der Waals surface area contributed by atoms with Crippen molar-refractivity contribution in [3.63, 3.8) is 0 Å². The fourth-order valence-corrected chi connectivity index (χ4v) is 2.65. The Morgan fingerprint density at radius 3 is 2.69 bits per heavy atom. The maximum atomic E-state index is 13.4. The summed E-state index contributed by atoms with van der Waals surface area (Å²) in [4.78, 5) is -0.770. The first-order valence-corrected chi connectivity index (χ1v) is 5.54. The first-order chi connectivity index (χ1) is 6.03. The number of benzene rings is 1. The minimum absolute atomic E-state index is 0.142. The summed E-state index contributed by atoms with van der Waals surface area (Å²) in [5, 5.41) is 0. The van der Waals surface area contributed by atoms with Crippen LogP contribution in [0.3, 0.4) is 0 Å². The smallest absolute Gasteiger partial charge is 0.200 e. The number of alkyl halides is 3. The molecule has 1 unspecified atom stereocenters. The summed E-state index contributed by atoms with van der Waals surface area (Å²) in [6.07, 6.45) is 0.379. The largest absolute Gasteiger partial charge is 0.286 e. The van der Waals surface area contributed by atoms with E-state index in [1.54, 1.807) is 12.1 Å². The van der Waals surface area contributed by atoms with Gasteiger partial charge in [-0.2, -0.15) is 0 Å². The minimum atomic E-state index is -2.74. The van der Waals surface area contributed by atoms with Crippen LogP contribution in [0.5, 0.6) is 0 Å². The van der Waals surface area contributed by atoms with E-state index in [4.69, 9.17) is 0 Å². The van der Waals surface area contributed by atoms with Crippen molar-refractivity contribution in [2.75, 3.05) is 0 Å². The zero-order valence-electron chi connectivity index (χ0n) is 6.53. The molecule has 0 heterocycles. The molecule has 0 aliphatic heterocycles. The fourth-order valence-electron chi connectivity index (χ4n) is 1.55. The third kappa shape index (κ3) is 1.34. The Kier molecular flexibility index (Phi) is 2.23. The molecule has 1 aromatic carbocycles. The standard InChI is InChI=1S/C9H6Br2F2/c10-7-3-1-2-6-5(7)4-8(11)9(6,12)13/h1-3,8H,4H2. The van der Waals surface area contributed by atoms with Gasteiger partial charge in [0.1, 0.15) is 0 Å². The molecule has 4 heteroatoms. The molecule has 0 radical (unpaired) electrons. The summed E-state index contributed by atoms with van der Waals surface area (Å²) in [5.41, 5.74) is 0.859. The quantitative estimate of drug-likeness (QED) is 0.638. The van der Waals surface area contributed by atoms with Crippen molar-refractivity contribution in [3.05, 3.63) is 33.8 Å². The van der Waals surface area contributed by atoms with Crippen molar-refractivity contribution >= 4 is 31.9 Å². The lowest BCUT2D eigenvalue weighted by molar-refractivity contribution is 0.00633. The predicted molar refractivity (Wildman–Crippen MR) is 54.5 cm³/mol. The Labute approximate surface area is 91.6 Å². The summed E-state index contributed by atoms with van der Waals surface area (Å²) in [6, 6.07) is 4.92. The SMILES string of the molecule is FC1(F)c2cccc(Br)c2CC1Br. The van der Waals surface area contributed by atoms with Gasteiger partial charge in [-0.1, -0.05) is 44.0 Å². The Morgan fingerprint density at radius 1 is 1.38 bits per heavy atom. The molecule has 0 fully saturated rings. The van der Waals surface area contributed by atoms with E-state index < -0.39 is 10.7 Å².